The number of fused-ring (bicyclic) bond motifs is 10. The second-order valence-corrected chi connectivity index (χ2v) is 8.54. The van der Waals surface area contributed by atoms with E-state index in [4.69, 9.17) is 0 Å². The largest absolute Gasteiger partial charge is 0.327 e. The molecule has 6 aromatic rings. The molecule has 0 saturated heterocycles. The average Bonchev–Trinajstić information content (AvgIpc) is 3.18. The highest BCUT2D eigenvalue weighted by Crippen LogP contribution is 2.49. The molecule has 0 aliphatic carbocycles. The molecule has 0 fully saturated rings. The third-order valence-corrected chi connectivity index (χ3v) is 6.85. The summed E-state index contributed by atoms with van der Waals surface area (Å²) in [6.07, 6.45) is 0. The second kappa shape index (κ2) is 6.48. The number of nitrogens with zero attached hydrogens (tertiary/aromatic N) is 2. The van der Waals surface area contributed by atoms with Crippen LogP contribution in [0.1, 0.15) is 6.92 Å². The minimum atomic E-state index is 0.894. The Morgan fingerprint density at radius 3 is 2.09 bits per heavy atom. The summed E-state index contributed by atoms with van der Waals surface area (Å²) >= 11 is 0. The lowest BCUT2D eigenvalue weighted by Gasteiger charge is -2.25. The summed E-state index contributed by atoms with van der Waals surface area (Å²) in [5.41, 5.74) is 6.35. The fourth-order valence-electron chi connectivity index (χ4n) is 5.42. The van der Waals surface area contributed by atoms with E-state index < -0.39 is 0 Å². The van der Waals surface area contributed by atoms with Crippen LogP contribution in [0.3, 0.4) is 0 Å². The minimum absolute atomic E-state index is 0.894. The molecule has 0 radical (unpaired) electrons. The first kappa shape index (κ1) is 17.6. The second-order valence-electron chi connectivity index (χ2n) is 8.54. The Labute approximate surface area is 186 Å². The highest BCUT2D eigenvalue weighted by atomic mass is 15.3. The van der Waals surface area contributed by atoms with Crippen molar-refractivity contribution in [2.24, 2.45) is 0 Å². The molecule has 0 N–H and O–H groups in total. The van der Waals surface area contributed by atoms with Gasteiger partial charge in [0.15, 0.2) is 0 Å². The molecule has 32 heavy (non-hydrogen) atoms. The number of aromatic nitrogens is 1. The van der Waals surface area contributed by atoms with Crippen molar-refractivity contribution >= 4 is 44.0 Å². The molecule has 0 amide bonds. The molecule has 2 heterocycles. The number of rotatable bonds is 1. The van der Waals surface area contributed by atoms with Gasteiger partial charge in [-0.25, -0.2) is 0 Å². The van der Waals surface area contributed by atoms with E-state index in [1.807, 2.05) is 0 Å². The lowest BCUT2D eigenvalue weighted by Crippen LogP contribution is -2.18. The van der Waals surface area contributed by atoms with Crippen LogP contribution >= 0.6 is 0 Å². The Balaban J connectivity index is 1.73. The van der Waals surface area contributed by atoms with Gasteiger partial charge in [-0.15, -0.1) is 0 Å². The molecular weight excluding hydrogens is 388 g/mol. The van der Waals surface area contributed by atoms with Crippen molar-refractivity contribution in [1.29, 1.82) is 0 Å². The van der Waals surface area contributed by atoms with E-state index in [9.17, 15) is 0 Å². The van der Waals surface area contributed by atoms with Gasteiger partial charge in [0, 0.05) is 28.4 Å². The first-order valence-corrected chi connectivity index (χ1v) is 11.3. The number of hydrogen-bond acceptors (Lipinski definition) is 1. The molecule has 0 bridgehead atoms. The molecule has 1 aromatic heterocycles. The van der Waals surface area contributed by atoms with E-state index >= 15 is 0 Å². The summed E-state index contributed by atoms with van der Waals surface area (Å²) in [5, 5.41) is 6.38. The number of hydrogen-bond donors (Lipinski definition) is 0. The molecule has 0 spiro atoms. The molecule has 1 aliphatic heterocycles. The minimum Gasteiger partial charge on any atom is -0.327 e. The standard InChI is InChI=1S/C30H22N2/c1-2-31-29-19-23-12-6-8-14-27(23)32(29)28-18-22-11-4-3-10-21(22)17-26(28)25-16-15-20-9-5-7-13-24(20)30(25)31/h3-19H,2H2,1H3. The van der Waals surface area contributed by atoms with E-state index in [2.05, 4.69) is 120 Å². The van der Waals surface area contributed by atoms with Gasteiger partial charge in [0.05, 0.1) is 16.9 Å². The van der Waals surface area contributed by atoms with E-state index in [1.54, 1.807) is 0 Å². The topological polar surface area (TPSA) is 8.17 Å². The number of anilines is 2. The fraction of sp³-hybridized carbons (Fsp3) is 0.0667. The van der Waals surface area contributed by atoms with Gasteiger partial charge >= 0.3 is 0 Å². The molecule has 0 saturated carbocycles. The highest BCUT2D eigenvalue weighted by molar-refractivity contribution is 6.09. The van der Waals surface area contributed by atoms with E-state index in [-0.39, 0.29) is 0 Å². The zero-order valence-corrected chi connectivity index (χ0v) is 17.9. The van der Waals surface area contributed by atoms with Gasteiger partial charge in [-0.05, 0) is 47.3 Å². The van der Waals surface area contributed by atoms with Crippen molar-refractivity contribution in [2.75, 3.05) is 11.4 Å². The van der Waals surface area contributed by atoms with Crippen molar-refractivity contribution in [3.8, 4) is 16.8 Å². The van der Waals surface area contributed by atoms with Gasteiger partial charge in [-0.1, -0.05) is 78.9 Å². The number of benzene rings is 5. The lowest BCUT2D eigenvalue weighted by molar-refractivity contribution is 0.973. The average molecular weight is 411 g/mol. The van der Waals surface area contributed by atoms with Crippen molar-refractivity contribution in [1.82, 2.24) is 4.57 Å². The van der Waals surface area contributed by atoms with E-state index in [0.717, 1.165) is 6.54 Å². The Morgan fingerprint density at radius 1 is 0.594 bits per heavy atom. The first-order chi connectivity index (χ1) is 15.8. The van der Waals surface area contributed by atoms with Crippen LogP contribution in [0, 0.1) is 0 Å². The maximum atomic E-state index is 2.49. The zero-order valence-electron chi connectivity index (χ0n) is 17.9. The summed E-state index contributed by atoms with van der Waals surface area (Å²) in [4.78, 5) is 2.49. The van der Waals surface area contributed by atoms with Gasteiger partial charge in [0.1, 0.15) is 5.82 Å². The van der Waals surface area contributed by atoms with Crippen LogP contribution < -0.4 is 4.90 Å². The third-order valence-electron chi connectivity index (χ3n) is 6.85. The SMILES string of the molecule is CCN1c2c(ccc3ccccc23)-c2cc3ccccc3cc2-n2c1cc1ccccc12. The number of para-hydroxylation sites is 1. The Morgan fingerprint density at radius 2 is 1.28 bits per heavy atom. The quantitative estimate of drug-likeness (QED) is 0.266. The van der Waals surface area contributed by atoms with Crippen LogP contribution in [0.5, 0.6) is 0 Å². The van der Waals surface area contributed by atoms with Gasteiger partial charge < -0.3 is 4.90 Å². The summed E-state index contributed by atoms with van der Waals surface area (Å²) in [5.74, 6) is 1.22. The summed E-state index contributed by atoms with van der Waals surface area (Å²) in [6.45, 7) is 3.14. The molecule has 7 rings (SSSR count). The van der Waals surface area contributed by atoms with Crippen molar-refractivity contribution in [3.63, 3.8) is 0 Å². The summed E-state index contributed by atoms with van der Waals surface area (Å²) in [6, 6.07) is 37.8. The lowest BCUT2D eigenvalue weighted by atomic mass is 9.94. The monoisotopic (exact) mass is 410 g/mol. The molecule has 2 heteroatoms. The first-order valence-electron chi connectivity index (χ1n) is 11.3. The fourth-order valence-corrected chi connectivity index (χ4v) is 5.42. The molecular formula is C30H22N2. The Kier molecular flexibility index (Phi) is 3.57. The van der Waals surface area contributed by atoms with E-state index in [1.165, 1.54) is 60.8 Å². The van der Waals surface area contributed by atoms with Crippen molar-refractivity contribution < 1.29 is 0 Å². The maximum Gasteiger partial charge on any atom is 0.118 e. The van der Waals surface area contributed by atoms with Gasteiger partial charge in [0.25, 0.3) is 0 Å². The Bertz CT molecular complexity index is 1670. The van der Waals surface area contributed by atoms with Crippen LogP contribution in [-0.2, 0) is 0 Å². The summed E-state index contributed by atoms with van der Waals surface area (Å²) in [7, 11) is 0. The predicted octanol–water partition coefficient (Wildman–Crippen LogP) is 8.08. The molecule has 5 aromatic carbocycles. The normalized spacial score (nSPS) is 12.6. The molecule has 0 atom stereocenters. The molecule has 0 unspecified atom stereocenters. The zero-order chi connectivity index (χ0) is 21.2. The van der Waals surface area contributed by atoms with Crippen LogP contribution in [0.25, 0.3) is 49.3 Å². The Hall–Kier alpha value is -4.04. The maximum absolute atomic E-state index is 2.49. The van der Waals surface area contributed by atoms with Gasteiger partial charge in [-0.3, -0.25) is 4.57 Å². The molecule has 152 valence electrons. The highest BCUT2D eigenvalue weighted by Gasteiger charge is 2.27. The molecule has 1 aliphatic rings. The van der Waals surface area contributed by atoms with Crippen LogP contribution in [-0.4, -0.2) is 11.1 Å². The third kappa shape index (κ3) is 2.29. The van der Waals surface area contributed by atoms with Gasteiger partial charge in [-0.2, -0.15) is 0 Å². The van der Waals surface area contributed by atoms with E-state index in [0.29, 0.717) is 0 Å². The predicted molar refractivity (Wildman–Crippen MR) is 136 cm³/mol. The van der Waals surface area contributed by atoms with Crippen LogP contribution in [0.15, 0.2) is 103 Å². The smallest absolute Gasteiger partial charge is 0.118 e. The molecule has 2 nitrogen and oxygen atoms in total. The van der Waals surface area contributed by atoms with Crippen molar-refractivity contribution in [2.45, 2.75) is 6.92 Å². The van der Waals surface area contributed by atoms with Gasteiger partial charge in [0.2, 0.25) is 0 Å². The van der Waals surface area contributed by atoms with Crippen LogP contribution in [0.4, 0.5) is 11.5 Å². The summed E-state index contributed by atoms with van der Waals surface area (Å²) < 4.78 is 2.45. The van der Waals surface area contributed by atoms with Crippen molar-refractivity contribution in [3.05, 3.63) is 103 Å². The van der Waals surface area contributed by atoms with Crippen LogP contribution in [0.2, 0.25) is 0 Å².